The number of nitrogens with zero attached hydrogens (tertiary/aromatic N) is 1. The predicted octanol–water partition coefficient (Wildman–Crippen LogP) is 3.30. The lowest BCUT2D eigenvalue weighted by Crippen LogP contribution is -2.20. The minimum Gasteiger partial charge on any atom is -0.495 e. The quantitative estimate of drug-likeness (QED) is 0.370. The molecule has 0 fully saturated rings. The molecule has 150 valence electrons. The van der Waals surface area contributed by atoms with Gasteiger partial charge in [-0.15, -0.1) is 0 Å². The van der Waals surface area contributed by atoms with Crippen molar-refractivity contribution in [3.63, 3.8) is 0 Å². The number of methoxy groups -OCH3 is 1. The van der Waals surface area contributed by atoms with Crippen LogP contribution in [0.15, 0.2) is 48.0 Å². The van der Waals surface area contributed by atoms with E-state index in [2.05, 4.69) is 5.32 Å². The number of hydrogen-bond donors (Lipinski definition) is 2. The maximum atomic E-state index is 12.2. The van der Waals surface area contributed by atoms with Crippen molar-refractivity contribution in [2.24, 2.45) is 5.73 Å². The zero-order valence-corrected chi connectivity index (χ0v) is 16.9. The molecule has 0 saturated carbocycles. The second-order valence-corrected chi connectivity index (χ2v) is 6.15. The number of benzene rings is 2. The summed E-state index contributed by atoms with van der Waals surface area (Å²) in [7, 11) is 1.53. The van der Waals surface area contributed by atoms with Gasteiger partial charge < -0.3 is 25.3 Å². The van der Waals surface area contributed by atoms with Crippen molar-refractivity contribution in [1.82, 2.24) is 0 Å². The Hall–Kier alpha value is -3.57. The Balaban J connectivity index is 2.12. The van der Waals surface area contributed by atoms with Crippen molar-refractivity contribution >= 4 is 34.9 Å². The lowest BCUT2D eigenvalue weighted by Gasteiger charge is -2.13. The average molecular weight is 411 g/mol. The highest BCUT2D eigenvalue weighted by molar-refractivity contribution is 7.80. The molecule has 29 heavy (non-hydrogen) atoms. The van der Waals surface area contributed by atoms with Crippen molar-refractivity contribution in [1.29, 1.82) is 5.26 Å². The van der Waals surface area contributed by atoms with Gasteiger partial charge in [-0.2, -0.15) is 5.26 Å². The molecule has 2 aromatic rings. The fourth-order valence-electron chi connectivity index (χ4n) is 2.40. The fourth-order valence-corrected chi connectivity index (χ4v) is 2.51. The number of thiocarbonyl (C=S) groups is 1. The molecular formula is C21H21N3O4S. The normalized spacial score (nSPS) is 10.6. The summed E-state index contributed by atoms with van der Waals surface area (Å²) < 4.78 is 16.4. The average Bonchev–Trinajstić information content (AvgIpc) is 2.71. The molecule has 0 unspecified atom stereocenters. The largest absolute Gasteiger partial charge is 0.495 e. The summed E-state index contributed by atoms with van der Waals surface area (Å²) in [4.78, 5) is 12.3. The first kappa shape index (κ1) is 21.7. The van der Waals surface area contributed by atoms with E-state index in [4.69, 9.17) is 37.4 Å². The second-order valence-electron chi connectivity index (χ2n) is 5.71. The highest BCUT2D eigenvalue weighted by Crippen LogP contribution is 2.30. The first-order chi connectivity index (χ1) is 14.0. The molecule has 0 aromatic heterocycles. The number of rotatable bonds is 9. The molecule has 0 radical (unpaired) electrons. The van der Waals surface area contributed by atoms with Gasteiger partial charge in [0.2, 0.25) is 0 Å². The zero-order valence-electron chi connectivity index (χ0n) is 16.1. The summed E-state index contributed by atoms with van der Waals surface area (Å²) in [5, 5.41) is 11.8. The molecule has 0 saturated heterocycles. The number of amides is 1. The maximum Gasteiger partial charge on any atom is 0.262 e. The fraction of sp³-hybridized carbons (Fsp3) is 0.190. The molecular weight excluding hydrogens is 390 g/mol. The standard InChI is InChI=1S/C21H21N3O4S/c1-3-27-19-11-14(10-15(12-22)21(23)29)8-9-18(19)28-13-20(25)24-16-6-4-5-7-17(16)26-2/h4-11H,3,13H2,1-2H3,(H2,23,29)(H,24,25). The van der Waals surface area contributed by atoms with Gasteiger partial charge in [0.15, 0.2) is 18.1 Å². The number of hydrogen-bond acceptors (Lipinski definition) is 6. The highest BCUT2D eigenvalue weighted by atomic mass is 32.1. The van der Waals surface area contributed by atoms with Gasteiger partial charge >= 0.3 is 0 Å². The van der Waals surface area contributed by atoms with Crippen molar-refractivity contribution in [3.05, 3.63) is 53.6 Å². The SMILES string of the molecule is CCOc1cc(C=C(C#N)C(N)=S)ccc1OCC(=O)Nc1ccccc1OC. The van der Waals surface area contributed by atoms with Crippen LogP contribution in [0.25, 0.3) is 6.08 Å². The number of nitrogens with one attached hydrogen (secondary N) is 1. The lowest BCUT2D eigenvalue weighted by atomic mass is 10.1. The third-order valence-electron chi connectivity index (χ3n) is 3.70. The van der Waals surface area contributed by atoms with Gasteiger partial charge in [0.1, 0.15) is 16.8 Å². The van der Waals surface area contributed by atoms with Crippen LogP contribution in [-0.2, 0) is 4.79 Å². The third-order valence-corrected chi connectivity index (χ3v) is 3.92. The molecule has 0 aliphatic heterocycles. The number of carbonyl (C=O) groups excluding carboxylic acids is 1. The van der Waals surface area contributed by atoms with E-state index in [1.165, 1.54) is 7.11 Å². The molecule has 0 aliphatic carbocycles. The van der Waals surface area contributed by atoms with E-state index in [-0.39, 0.29) is 23.1 Å². The van der Waals surface area contributed by atoms with Gasteiger partial charge in [-0.05, 0) is 42.8 Å². The Kier molecular flexibility index (Phi) is 8.00. The van der Waals surface area contributed by atoms with Crippen LogP contribution in [0.5, 0.6) is 17.2 Å². The molecule has 0 bridgehead atoms. The van der Waals surface area contributed by atoms with E-state index in [0.717, 1.165) is 0 Å². The number of ether oxygens (including phenoxy) is 3. The predicted molar refractivity (Wildman–Crippen MR) is 115 cm³/mol. The van der Waals surface area contributed by atoms with Crippen LogP contribution in [0.2, 0.25) is 0 Å². The molecule has 0 atom stereocenters. The molecule has 1 amide bonds. The van der Waals surface area contributed by atoms with Crippen molar-refractivity contribution in [2.45, 2.75) is 6.92 Å². The van der Waals surface area contributed by atoms with Crippen LogP contribution in [0.3, 0.4) is 0 Å². The van der Waals surface area contributed by atoms with Crippen molar-refractivity contribution in [2.75, 3.05) is 25.6 Å². The maximum absolute atomic E-state index is 12.2. The minimum absolute atomic E-state index is 0.0128. The summed E-state index contributed by atoms with van der Waals surface area (Å²) in [5.74, 6) is 1.04. The number of nitrogens with two attached hydrogens (primary N) is 1. The van der Waals surface area contributed by atoms with Crippen LogP contribution in [-0.4, -0.2) is 31.2 Å². The molecule has 2 rings (SSSR count). The molecule has 0 spiro atoms. The Labute approximate surface area is 174 Å². The van der Waals surface area contributed by atoms with Crippen molar-refractivity contribution < 1.29 is 19.0 Å². The molecule has 2 aromatic carbocycles. The molecule has 3 N–H and O–H groups in total. The third kappa shape index (κ3) is 6.23. The molecule has 8 heteroatoms. The van der Waals surface area contributed by atoms with Crippen LogP contribution in [0.1, 0.15) is 12.5 Å². The van der Waals surface area contributed by atoms with E-state index in [9.17, 15) is 4.79 Å². The highest BCUT2D eigenvalue weighted by Gasteiger charge is 2.11. The summed E-state index contributed by atoms with van der Waals surface area (Å²) in [6.45, 7) is 2.01. The van der Waals surface area contributed by atoms with E-state index >= 15 is 0 Å². The van der Waals surface area contributed by atoms with Gasteiger partial charge in [-0.25, -0.2) is 0 Å². The van der Waals surface area contributed by atoms with Gasteiger partial charge in [-0.1, -0.05) is 30.4 Å². The number of carbonyl (C=O) groups is 1. The van der Waals surface area contributed by atoms with Gasteiger partial charge in [0, 0.05) is 0 Å². The number of nitriles is 1. The number of anilines is 1. The van der Waals surface area contributed by atoms with Gasteiger partial charge in [0.25, 0.3) is 5.91 Å². The summed E-state index contributed by atoms with van der Waals surface area (Å²) in [5.41, 5.74) is 6.93. The molecule has 7 nitrogen and oxygen atoms in total. The second kappa shape index (κ2) is 10.7. The minimum atomic E-state index is -0.346. The lowest BCUT2D eigenvalue weighted by molar-refractivity contribution is -0.118. The summed E-state index contributed by atoms with van der Waals surface area (Å²) in [6, 6.07) is 14.1. The van der Waals surface area contributed by atoms with Crippen LogP contribution >= 0.6 is 12.2 Å². The Morgan fingerprint density at radius 3 is 2.62 bits per heavy atom. The first-order valence-corrected chi connectivity index (χ1v) is 9.13. The Morgan fingerprint density at radius 1 is 1.21 bits per heavy atom. The van der Waals surface area contributed by atoms with Crippen LogP contribution in [0.4, 0.5) is 5.69 Å². The topological polar surface area (TPSA) is 107 Å². The first-order valence-electron chi connectivity index (χ1n) is 8.72. The monoisotopic (exact) mass is 411 g/mol. The molecule has 0 aliphatic rings. The zero-order chi connectivity index (χ0) is 21.2. The van der Waals surface area contributed by atoms with E-state index < -0.39 is 0 Å². The number of para-hydroxylation sites is 2. The summed E-state index contributed by atoms with van der Waals surface area (Å²) >= 11 is 4.84. The smallest absolute Gasteiger partial charge is 0.262 e. The van der Waals surface area contributed by atoms with Crippen LogP contribution < -0.4 is 25.3 Å². The van der Waals surface area contributed by atoms with Crippen molar-refractivity contribution in [3.8, 4) is 23.3 Å². The van der Waals surface area contributed by atoms with E-state index in [0.29, 0.717) is 35.1 Å². The summed E-state index contributed by atoms with van der Waals surface area (Å²) in [6.07, 6.45) is 1.56. The van der Waals surface area contributed by atoms with E-state index in [1.807, 2.05) is 19.1 Å². The van der Waals surface area contributed by atoms with Gasteiger partial charge in [0.05, 0.1) is 25.0 Å². The van der Waals surface area contributed by atoms with Crippen LogP contribution in [0, 0.1) is 11.3 Å². The van der Waals surface area contributed by atoms with E-state index in [1.54, 1.807) is 42.5 Å². The Morgan fingerprint density at radius 2 is 1.97 bits per heavy atom. The Bertz CT molecular complexity index is 967. The molecule has 0 heterocycles. The van der Waals surface area contributed by atoms with Gasteiger partial charge in [-0.3, -0.25) is 4.79 Å².